The quantitative estimate of drug-likeness (QED) is 0.305. The number of hydrogen-bond acceptors (Lipinski definition) is 10. The molecule has 34 heavy (non-hydrogen) atoms. The lowest BCUT2D eigenvalue weighted by Crippen LogP contribution is -2.13. The highest BCUT2D eigenvalue weighted by Crippen LogP contribution is 2.22. The average Bonchev–Trinajstić information content (AvgIpc) is 3.49. The van der Waals surface area contributed by atoms with Crippen molar-refractivity contribution in [3.8, 4) is 11.9 Å². The number of nitro benzene ring substituents is 1. The fraction of sp³-hybridized carbons (Fsp3) is 0. The van der Waals surface area contributed by atoms with Gasteiger partial charge >= 0.3 is 0 Å². The predicted molar refractivity (Wildman–Crippen MR) is 121 cm³/mol. The Morgan fingerprint density at radius 2 is 1.32 bits per heavy atom. The van der Waals surface area contributed by atoms with Crippen molar-refractivity contribution in [1.82, 2.24) is 44.9 Å². The van der Waals surface area contributed by atoms with Gasteiger partial charge in [-0.2, -0.15) is 24.3 Å². The van der Waals surface area contributed by atoms with E-state index >= 15 is 0 Å². The van der Waals surface area contributed by atoms with Gasteiger partial charge in [0.05, 0.1) is 16.0 Å². The molecule has 6 aromatic rings. The van der Waals surface area contributed by atoms with Crippen LogP contribution in [0.3, 0.4) is 0 Å². The number of para-hydroxylation sites is 2. The lowest BCUT2D eigenvalue weighted by atomic mass is 10.3. The molecule has 13 heteroatoms. The molecule has 13 nitrogen and oxygen atoms in total. The van der Waals surface area contributed by atoms with Gasteiger partial charge in [-0.1, -0.05) is 40.8 Å². The zero-order valence-corrected chi connectivity index (χ0v) is 17.2. The number of fused-ring (bicyclic) bond motifs is 2. The maximum absolute atomic E-state index is 11.2. The van der Waals surface area contributed by atoms with Gasteiger partial charge in [-0.15, -0.1) is 10.2 Å². The van der Waals surface area contributed by atoms with Gasteiger partial charge in [0.15, 0.2) is 0 Å². The Kier molecular flexibility index (Phi) is 4.37. The van der Waals surface area contributed by atoms with Crippen molar-refractivity contribution in [3.05, 3.63) is 82.9 Å². The van der Waals surface area contributed by atoms with Gasteiger partial charge in [0.25, 0.3) is 17.6 Å². The molecule has 0 radical (unpaired) electrons. The van der Waals surface area contributed by atoms with Crippen LogP contribution < -0.4 is 5.32 Å². The van der Waals surface area contributed by atoms with E-state index in [4.69, 9.17) is 0 Å². The largest absolute Gasteiger partial charge is 0.324 e. The van der Waals surface area contributed by atoms with Crippen LogP contribution in [-0.2, 0) is 0 Å². The van der Waals surface area contributed by atoms with Crippen LogP contribution in [0.4, 0.5) is 17.3 Å². The van der Waals surface area contributed by atoms with Crippen LogP contribution in [0.1, 0.15) is 0 Å². The summed E-state index contributed by atoms with van der Waals surface area (Å²) in [5.41, 5.74) is 3.11. The second-order valence-corrected chi connectivity index (χ2v) is 7.17. The van der Waals surface area contributed by atoms with Crippen LogP contribution >= 0.6 is 0 Å². The van der Waals surface area contributed by atoms with Gasteiger partial charge < -0.3 is 5.32 Å². The maximum atomic E-state index is 11.2. The number of aromatic nitrogens is 9. The SMILES string of the molecule is O=[N+]([O-])c1cccc(Nc2nc(-n3nnc4ccccc43)nc(-n3nnc4ccccc43)n2)c1. The molecule has 0 amide bonds. The Hall–Kier alpha value is -5.33. The normalized spacial score (nSPS) is 11.2. The fourth-order valence-corrected chi connectivity index (χ4v) is 3.46. The third kappa shape index (κ3) is 3.33. The minimum Gasteiger partial charge on any atom is -0.324 e. The third-order valence-electron chi connectivity index (χ3n) is 5.01. The average molecular weight is 451 g/mol. The van der Waals surface area contributed by atoms with Crippen molar-refractivity contribution in [2.75, 3.05) is 5.32 Å². The summed E-state index contributed by atoms with van der Waals surface area (Å²) in [5, 5.41) is 30.9. The first-order chi connectivity index (χ1) is 16.7. The molecule has 0 saturated heterocycles. The molecule has 0 atom stereocenters. The number of nitrogens with zero attached hydrogens (tertiary/aromatic N) is 10. The molecule has 3 aromatic heterocycles. The second kappa shape index (κ2) is 7.67. The highest BCUT2D eigenvalue weighted by Gasteiger charge is 2.17. The van der Waals surface area contributed by atoms with E-state index in [0.717, 1.165) is 0 Å². The van der Waals surface area contributed by atoms with Crippen molar-refractivity contribution in [3.63, 3.8) is 0 Å². The summed E-state index contributed by atoms with van der Waals surface area (Å²) in [6.45, 7) is 0. The topological polar surface area (TPSA) is 155 Å². The van der Waals surface area contributed by atoms with Crippen LogP contribution in [0.25, 0.3) is 34.0 Å². The molecule has 3 aromatic carbocycles. The molecule has 6 rings (SSSR count). The molecule has 0 spiro atoms. The van der Waals surface area contributed by atoms with E-state index in [1.54, 1.807) is 12.1 Å². The molecular weight excluding hydrogens is 438 g/mol. The van der Waals surface area contributed by atoms with Gasteiger partial charge in [0, 0.05) is 17.8 Å². The third-order valence-corrected chi connectivity index (χ3v) is 5.01. The predicted octanol–water partition coefficient (Wildman–Crippen LogP) is 2.99. The Morgan fingerprint density at radius 3 is 1.91 bits per heavy atom. The van der Waals surface area contributed by atoms with E-state index in [1.807, 2.05) is 48.5 Å². The Labute approximate surface area is 189 Å². The van der Waals surface area contributed by atoms with Gasteiger partial charge in [0.1, 0.15) is 11.0 Å². The lowest BCUT2D eigenvalue weighted by Gasteiger charge is -2.09. The molecule has 0 bridgehead atoms. The van der Waals surface area contributed by atoms with E-state index in [0.29, 0.717) is 27.8 Å². The molecule has 0 aliphatic rings. The molecule has 0 saturated carbocycles. The van der Waals surface area contributed by atoms with Crippen LogP contribution in [-0.4, -0.2) is 49.9 Å². The summed E-state index contributed by atoms with van der Waals surface area (Å²) in [4.78, 5) is 24.2. The Morgan fingerprint density at radius 1 is 0.735 bits per heavy atom. The monoisotopic (exact) mass is 451 g/mol. The van der Waals surface area contributed by atoms with Crippen molar-refractivity contribution in [1.29, 1.82) is 0 Å². The lowest BCUT2D eigenvalue weighted by molar-refractivity contribution is -0.384. The highest BCUT2D eigenvalue weighted by molar-refractivity contribution is 5.76. The highest BCUT2D eigenvalue weighted by atomic mass is 16.6. The van der Waals surface area contributed by atoms with Crippen molar-refractivity contribution < 1.29 is 4.92 Å². The van der Waals surface area contributed by atoms with Crippen LogP contribution in [0.5, 0.6) is 0 Å². The number of nitrogens with one attached hydrogen (secondary N) is 1. The van der Waals surface area contributed by atoms with Gasteiger partial charge in [-0.05, 0) is 30.3 Å². The number of non-ortho nitro benzene ring substituents is 1. The van der Waals surface area contributed by atoms with E-state index in [-0.39, 0.29) is 23.5 Å². The summed E-state index contributed by atoms with van der Waals surface area (Å²) in [6.07, 6.45) is 0. The number of nitro groups is 1. The summed E-state index contributed by atoms with van der Waals surface area (Å²) in [5.74, 6) is 0.511. The zero-order valence-electron chi connectivity index (χ0n) is 17.2. The summed E-state index contributed by atoms with van der Waals surface area (Å²) in [7, 11) is 0. The minimum atomic E-state index is -0.474. The number of anilines is 2. The summed E-state index contributed by atoms with van der Waals surface area (Å²) >= 11 is 0. The first kappa shape index (κ1) is 19.4. The first-order valence-electron chi connectivity index (χ1n) is 10.0. The van der Waals surface area contributed by atoms with Crippen molar-refractivity contribution in [2.45, 2.75) is 0 Å². The Bertz CT molecular complexity index is 1600. The van der Waals surface area contributed by atoms with E-state index < -0.39 is 4.92 Å². The molecule has 0 unspecified atom stereocenters. The smallest absolute Gasteiger partial charge is 0.271 e. The number of hydrogen-bond donors (Lipinski definition) is 1. The second-order valence-electron chi connectivity index (χ2n) is 7.17. The first-order valence-corrected chi connectivity index (χ1v) is 10.0. The van der Waals surface area contributed by atoms with Crippen molar-refractivity contribution in [2.24, 2.45) is 0 Å². The Balaban J connectivity index is 1.52. The van der Waals surface area contributed by atoms with Crippen LogP contribution in [0, 0.1) is 10.1 Å². The molecule has 1 N–H and O–H groups in total. The number of benzene rings is 3. The fourth-order valence-electron chi connectivity index (χ4n) is 3.46. The maximum Gasteiger partial charge on any atom is 0.271 e. The van der Waals surface area contributed by atoms with E-state index in [9.17, 15) is 10.1 Å². The van der Waals surface area contributed by atoms with E-state index in [2.05, 4.69) is 40.9 Å². The molecular formula is C21H13N11O2. The van der Waals surface area contributed by atoms with Crippen LogP contribution in [0.2, 0.25) is 0 Å². The summed E-state index contributed by atoms with van der Waals surface area (Å²) in [6, 6.07) is 20.8. The zero-order chi connectivity index (χ0) is 23.1. The van der Waals surface area contributed by atoms with Gasteiger partial charge in [-0.3, -0.25) is 10.1 Å². The molecule has 0 aliphatic heterocycles. The molecule has 0 fully saturated rings. The standard InChI is InChI=1S/C21H13N11O2/c33-32(34)14-7-5-6-13(12-14)22-19-23-20(30-17-10-3-1-8-15(17)26-28-30)25-21(24-19)31-18-11-4-2-9-16(18)27-29-31/h1-12H,(H,22,23,24,25). The van der Waals surface area contributed by atoms with Gasteiger partial charge in [0.2, 0.25) is 5.95 Å². The minimum absolute atomic E-state index is 0.0657. The molecule has 164 valence electrons. The number of rotatable bonds is 5. The van der Waals surface area contributed by atoms with E-state index in [1.165, 1.54) is 21.5 Å². The molecule has 0 aliphatic carbocycles. The van der Waals surface area contributed by atoms with Gasteiger partial charge in [-0.25, -0.2) is 0 Å². The summed E-state index contributed by atoms with van der Waals surface area (Å²) < 4.78 is 2.97. The molecule has 3 heterocycles. The van der Waals surface area contributed by atoms with Crippen molar-refractivity contribution >= 4 is 39.4 Å². The van der Waals surface area contributed by atoms with Crippen LogP contribution in [0.15, 0.2) is 72.8 Å².